The molecule has 3 heterocycles. The zero-order chi connectivity index (χ0) is 75.9. The van der Waals surface area contributed by atoms with Crippen LogP contribution in [0.3, 0.4) is 0 Å². The standard InChI is InChI=1S/C21H15ClF3NO.C20H21BF3NO3.C14H9BrF3NO.C12H24B2O4.C7H6BrCl/c1-13-12-14(10-11-18(13)22)15-6-3-5-9-19(15)26-20(27)16-7-2-4-8-17(16)21(23,24)25;1-18(2)19(3,4)28-21(27-18)15-11-7-8-12-16(15)25-17(26)13-9-5-6-10-14(13)20(22,23)24;15-11-7-3-4-8-12(11)19-13(20)9-5-1-2-6-10(9)14(16,17)18;1-9(2)10(3,4)16-13(15-9)14-17-11(5,6)12(7,8)18-14;1-5-4-6(8)2-3-7(5)9/h2-12H,1H3,(H,26,27);5-12H,1-4H3,(H,25,26);1-8H,(H,19,20);1-8H3;2-4H,1H3. The number of amides is 3. The number of halogens is 13. The Balaban J connectivity index is 0.000000185. The molecule has 3 aliphatic heterocycles. The molecule has 8 aromatic rings. The lowest BCUT2D eigenvalue weighted by atomic mass is 9.49. The number of rotatable bonds is 9. The molecule has 3 aliphatic rings. The third-order valence-corrected chi connectivity index (χ3v) is 19.8. The van der Waals surface area contributed by atoms with Crippen molar-refractivity contribution in [2.75, 3.05) is 16.0 Å². The van der Waals surface area contributed by atoms with E-state index in [-0.39, 0.29) is 22.4 Å². The minimum Gasteiger partial charge on any atom is -0.405 e. The Morgan fingerprint density at radius 1 is 0.382 bits per heavy atom. The largest absolute Gasteiger partial charge is 0.496 e. The van der Waals surface area contributed by atoms with Gasteiger partial charge in [0.05, 0.1) is 72.7 Å². The van der Waals surface area contributed by atoms with Crippen molar-refractivity contribution in [2.45, 2.75) is 149 Å². The van der Waals surface area contributed by atoms with Crippen molar-refractivity contribution in [2.24, 2.45) is 0 Å². The summed E-state index contributed by atoms with van der Waals surface area (Å²) in [4.78, 5) is 37.2. The fourth-order valence-electron chi connectivity index (χ4n) is 9.97. The fourth-order valence-corrected chi connectivity index (χ4v) is 11.1. The van der Waals surface area contributed by atoms with Gasteiger partial charge in [-0.15, -0.1) is 0 Å². The molecule has 0 radical (unpaired) electrons. The Morgan fingerprint density at radius 2 is 0.696 bits per heavy atom. The lowest BCUT2D eigenvalue weighted by Gasteiger charge is -2.32. The molecule has 12 nitrogen and oxygen atoms in total. The first-order valence-electron chi connectivity index (χ1n) is 31.8. The lowest BCUT2D eigenvalue weighted by Crippen LogP contribution is -2.41. The van der Waals surface area contributed by atoms with E-state index in [1.807, 2.05) is 121 Å². The van der Waals surface area contributed by atoms with Crippen LogP contribution in [-0.4, -0.2) is 72.5 Å². The third-order valence-electron chi connectivity index (χ3n) is 17.8. The molecule has 0 unspecified atom stereocenters. The molecule has 0 bridgehead atoms. The van der Waals surface area contributed by atoms with Crippen molar-refractivity contribution in [3.63, 3.8) is 0 Å². The second kappa shape index (κ2) is 32.6. The van der Waals surface area contributed by atoms with Gasteiger partial charge in [-0.1, -0.05) is 130 Å². The topological polar surface area (TPSA) is 143 Å². The first kappa shape index (κ1) is 82.3. The number of aryl methyl sites for hydroxylation is 2. The Morgan fingerprint density at radius 3 is 1.08 bits per heavy atom. The molecular formula is C74H75B3Br2Cl2F9N3O9. The fraction of sp³-hybridized carbons (Fsp3) is 0.311. The predicted molar refractivity (Wildman–Crippen MR) is 392 cm³/mol. The summed E-state index contributed by atoms with van der Waals surface area (Å²) in [5.74, 6) is -2.47. The van der Waals surface area contributed by atoms with Crippen LogP contribution in [0.15, 0.2) is 191 Å². The Labute approximate surface area is 616 Å². The van der Waals surface area contributed by atoms with E-state index in [2.05, 4.69) is 47.8 Å². The first-order valence-corrected chi connectivity index (χ1v) is 34.1. The van der Waals surface area contributed by atoms with Gasteiger partial charge in [-0.3, -0.25) is 14.4 Å². The second-order valence-corrected chi connectivity index (χ2v) is 29.4. The Bertz CT molecular complexity index is 4230. The molecule has 0 atom stereocenters. The summed E-state index contributed by atoms with van der Waals surface area (Å²) in [6.45, 7) is 27.6. The zero-order valence-corrected chi connectivity index (χ0v) is 62.8. The van der Waals surface area contributed by atoms with Crippen molar-refractivity contribution in [1.29, 1.82) is 0 Å². The van der Waals surface area contributed by atoms with Crippen molar-refractivity contribution in [3.8, 4) is 11.1 Å². The highest BCUT2D eigenvalue weighted by Gasteiger charge is 2.64. The van der Waals surface area contributed by atoms with Gasteiger partial charge in [0, 0.05) is 41.4 Å². The molecule has 0 aliphatic carbocycles. The van der Waals surface area contributed by atoms with E-state index < -0.39 is 102 Å². The number of hydrogen-bond acceptors (Lipinski definition) is 9. The first-order chi connectivity index (χ1) is 47.2. The number of benzene rings is 8. The zero-order valence-electron chi connectivity index (χ0n) is 58.1. The molecule has 8 aromatic carbocycles. The summed E-state index contributed by atoms with van der Waals surface area (Å²) < 4.78 is 155. The van der Waals surface area contributed by atoms with Crippen LogP contribution in [0.25, 0.3) is 11.1 Å². The highest BCUT2D eigenvalue weighted by Crippen LogP contribution is 2.44. The van der Waals surface area contributed by atoms with Crippen molar-refractivity contribution >= 4 is 116 Å². The maximum Gasteiger partial charge on any atom is 0.496 e. The van der Waals surface area contributed by atoms with E-state index in [0.717, 1.165) is 62.6 Å². The molecule has 3 saturated heterocycles. The van der Waals surface area contributed by atoms with Crippen LogP contribution in [0, 0.1) is 13.8 Å². The maximum absolute atomic E-state index is 13.2. The molecule has 0 spiro atoms. The van der Waals surface area contributed by atoms with Crippen LogP contribution < -0.4 is 21.4 Å². The number of alkyl halides is 9. The number of para-hydroxylation sites is 3. The average Bonchev–Trinajstić information content (AvgIpc) is 1.60. The molecule has 540 valence electrons. The summed E-state index contributed by atoms with van der Waals surface area (Å²) in [6.07, 6.45) is -13.8. The Kier molecular flexibility index (Phi) is 26.3. The van der Waals surface area contributed by atoms with E-state index in [1.54, 1.807) is 84.9 Å². The van der Waals surface area contributed by atoms with Gasteiger partial charge in [0.15, 0.2) is 0 Å². The molecule has 3 amide bonds. The molecule has 102 heavy (non-hydrogen) atoms. The summed E-state index contributed by atoms with van der Waals surface area (Å²) in [5, 5.41) is 9.05. The lowest BCUT2D eigenvalue weighted by molar-refractivity contribution is -0.138. The van der Waals surface area contributed by atoms with Gasteiger partial charge in [0.1, 0.15) is 0 Å². The average molecular weight is 1580 g/mol. The highest BCUT2D eigenvalue weighted by molar-refractivity contribution is 9.10. The van der Waals surface area contributed by atoms with E-state index in [9.17, 15) is 53.9 Å². The predicted octanol–water partition coefficient (Wildman–Crippen LogP) is 21.2. The van der Waals surface area contributed by atoms with Gasteiger partial charge in [-0.05, 0) is 221 Å². The molecule has 28 heteroatoms. The van der Waals surface area contributed by atoms with E-state index >= 15 is 0 Å². The van der Waals surface area contributed by atoms with Crippen molar-refractivity contribution in [3.05, 3.63) is 245 Å². The summed E-state index contributed by atoms with van der Waals surface area (Å²) in [6, 6.07) is 45.6. The highest BCUT2D eigenvalue weighted by atomic mass is 79.9. The van der Waals surface area contributed by atoms with Gasteiger partial charge >= 0.3 is 39.7 Å². The van der Waals surface area contributed by atoms with Gasteiger partial charge in [-0.2, -0.15) is 39.5 Å². The number of nitrogens with one attached hydrogen (secondary N) is 3. The Hall–Kier alpha value is -6.97. The third kappa shape index (κ3) is 20.5. The number of hydrogen-bond donors (Lipinski definition) is 3. The van der Waals surface area contributed by atoms with Crippen LogP contribution in [0.2, 0.25) is 10.0 Å². The van der Waals surface area contributed by atoms with E-state index in [0.29, 0.717) is 37.6 Å². The van der Waals surface area contributed by atoms with Gasteiger partial charge in [0.25, 0.3) is 17.7 Å². The second-order valence-electron chi connectivity index (χ2n) is 26.8. The summed E-state index contributed by atoms with van der Waals surface area (Å²) in [7, 11) is -1.70. The normalized spacial score (nSPS) is 16.7. The smallest absolute Gasteiger partial charge is 0.405 e. The van der Waals surface area contributed by atoms with E-state index in [1.165, 1.54) is 36.4 Å². The minimum absolute atomic E-state index is 0.336. The molecule has 3 fully saturated rings. The number of carbonyl (C=O) groups is 3. The molecule has 11 rings (SSSR count). The summed E-state index contributed by atoms with van der Waals surface area (Å²) >= 11 is 18.4. The van der Waals surface area contributed by atoms with Crippen molar-refractivity contribution in [1.82, 2.24) is 0 Å². The minimum atomic E-state index is -4.63. The van der Waals surface area contributed by atoms with Crippen LogP contribution in [0.5, 0.6) is 0 Å². The number of anilines is 3. The maximum atomic E-state index is 13.2. The van der Waals surface area contributed by atoms with Gasteiger partial charge in [-0.25, -0.2) is 0 Å². The van der Waals surface area contributed by atoms with Gasteiger partial charge < -0.3 is 43.9 Å². The van der Waals surface area contributed by atoms with Crippen molar-refractivity contribution < 1.29 is 81.8 Å². The SMILES string of the molecule is CC1(C)OB(B2OC(C)(C)C(C)(C)O2)OC1(C)C.CC1(C)OB(c2ccccc2NC(=O)c2ccccc2C(F)(F)F)OC1(C)C.Cc1cc(-c2ccccc2NC(=O)c2ccccc2C(F)(F)F)ccc1Cl.Cc1cc(Br)ccc1Cl.O=C(Nc1ccccc1Br)c1ccccc1C(F)(F)F. The van der Waals surface area contributed by atoms with Crippen LogP contribution >= 0.6 is 55.1 Å². The molecular weight excluding hydrogens is 1510 g/mol. The van der Waals surface area contributed by atoms with Gasteiger partial charge in [0.2, 0.25) is 0 Å². The van der Waals surface area contributed by atoms with Crippen LogP contribution in [0.4, 0.5) is 56.6 Å². The molecule has 0 saturated carbocycles. The summed E-state index contributed by atoms with van der Waals surface area (Å²) in [5.41, 5.74) is -1.64. The van der Waals surface area contributed by atoms with Crippen LogP contribution in [0.1, 0.15) is 142 Å². The van der Waals surface area contributed by atoms with Crippen LogP contribution in [-0.2, 0) is 46.5 Å². The monoisotopic (exact) mass is 1580 g/mol. The molecule has 3 N–H and O–H groups in total. The van der Waals surface area contributed by atoms with E-state index in [4.69, 9.17) is 51.1 Å². The quantitative estimate of drug-likeness (QED) is 0.0951. The number of carbonyl (C=O) groups excluding carboxylic acids is 3. The molecule has 0 aromatic heterocycles.